The van der Waals surface area contributed by atoms with Crippen LogP contribution in [0.4, 0.5) is 5.69 Å². The van der Waals surface area contributed by atoms with Crippen molar-refractivity contribution in [1.29, 1.82) is 0 Å². The van der Waals surface area contributed by atoms with Crippen LogP contribution >= 0.6 is 0 Å². The Balaban J connectivity index is 2.66. The topological polar surface area (TPSA) is 80.3 Å². The Labute approximate surface area is 95.3 Å². The van der Waals surface area contributed by atoms with E-state index < -0.39 is 0 Å². The molecule has 0 fully saturated rings. The van der Waals surface area contributed by atoms with Crippen LogP contribution in [0.1, 0.15) is 30.3 Å². The Morgan fingerprint density at radius 2 is 2.38 bits per heavy atom. The summed E-state index contributed by atoms with van der Waals surface area (Å²) < 4.78 is 1.85. The highest BCUT2D eigenvalue weighted by Crippen LogP contribution is 2.11. The highest BCUT2D eigenvalue weighted by molar-refractivity contribution is 5.93. The van der Waals surface area contributed by atoms with Gasteiger partial charge in [0.25, 0.3) is 5.91 Å². The summed E-state index contributed by atoms with van der Waals surface area (Å²) in [5, 5.41) is 11.4. The fourth-order valence-corrected chi connectivity index (χ4v) is 1.52. The second-order valence-corrected chi connectivity index (χ2v) is 3.69. The maximum atomic E-state index is 11.8. The number of carbonyl (C=O) groups excluding carboxylic acids is 1. The lowest BCUT2D eigenvalue weighted by Gasteiger charge is -2.07. The molecule has 4 N–H and O–H groups in total. The number of nitrogens with zero attached hydrogens (tertiary/aromatic N) is 1. The number of carbonyl (C=O) groups is 1. The van der Waals surface area contributed by atoms with Crippen LogP contribution in [0, 0.1) is 0 Å². The monoisotopic (exact) mass is 225 g/mol. The Kier molecular flexibility index (Phi) is 4.85. The van der Waals surface area contributed by atoms with Crippen LogP contribution in [0.25, 0.3) is 0 Å². The summed E-state index contributed by atoms with van der Waals surface area (Å²) in [4.78, 5) is 11.8. The third-order valence-electron chi connectivity index (χ3n) is 2.24. The summed E-state index contributed by atoms with van der Waals surface area (Å²) in [6.45, 7) is 3.38. The third kappa shape index (κ3) is 3.27. The quantitative estimate of drug-likeness (QED) is 0.620. The molecule has 5 heteroatoms. The number of rotatable bonds is 6. The molecular formula is C11H19N3O2. The number of aliphatic hydroxyl groups is 1. The molecule has 1 heterocycles. The predicted molar refractivity (Wildman–Crippen MR) is 63.2 cm³/mol. The van der Waals surface area contributed by atoms with E-state index in [1.165, 1.54) is 0 Å². The van der Waals surface area contributed by atoms with Crippen LogP contribution in [0.15, 0.2) is 12.3 Å². The first-order valence-corrected chi connectivity index (χ1v) is 5.53. The maximum Gasteiger partial charge on any atom is 0.267 e. The molecule has 0 saturated heterocycles. The molecule has 5 nitrogen and oxygen atoms in total. The number of nitrogens with two attached hydrogens (primary N) is 1. The van der Waals surface area contributed by atoms with E-state index in [0.29, 0.717) is 24.3 Å². The van der Waals surface area contributed by atoms with E-state index >= 15 is 0 Å². The Morgan fingerprint density at radius 1 is 1.62 bits per heavy atom. The van der Waals surface area contributed by atoms with Gasteiger partial charge in [0.2, 0.25) is 0 Å². The minimum atomic E-state index is -0.140. The first-order valence-electron chi connectivity index (χ1n) is 5.53. The SMILES string of the molecule is CCCn1cc(N)cc1C(=O)NCCCO. The summed E-state index contributed by atoms with van der Waals surface area (Å²) in [6, 6.07) is 1.67. The third-order valence-corrected chi connectivity index (χ3v) is 2.24. The van der Waals surface area contributed by atoms with E-state index in [4.69, 9.17) is 10.8 Å². The lowest BCUT2D eigenvalue weighted by Crippen LogP contribution is -2.27. The molecule has 0 aliphatic heterocycles. The zero-order valence-corrected chi connectivity index (χ0v) is 9.57. The average molecular weight is 225 g/mol. The number of aryl methyl sites for hydroxylation is 1. The Morgan fingerprint density at radius 3 is 3.00 bits per heavy atom. The highest BCUT2D eigenvalue weighted by Gasteiger charge is 2.11. The maximum absolute atomic E-state index is 11.8. The van der Waals surface area contributed by atoms with Crippen LogP contribution in [-0.4, -0.2) is 28.7 Å². The van der Waals surface area contributed by atoms with Gasteiger partial charge in [0.1, 0.15) is 5.69 Å². The van der Waals surface area contributed by atoms with Gasteiger partial charge in [-0.2, -0.15) is 0 Å². The van der Waals surface area contributed by atoms with Gasteiger partial charge in [0.15, 0.2) is 0 Å². The van der Waals surface area contributed by atoms with Crippen molar-refractivity contribution in [2.75, 3.05) is 18.9 Å². The average Bonchev–Trinajstić information content (AvgIpc) is 2.60. The molecule has 0 saturated carbocycles. The molecular weight excluding hydrogens is 206 g/mol. The Bertz CT molecular complexity index is 347. The van der Waals surface area contributed by atoms with Gasteiger partial charge >= 0.3 is 0 Å². The number of hydrogen-bond donors (Lipinski definition) is 3. The second-order valence-electron chi connectivity index (χ2n) is 3.69. The second kappa shape index (κ2) is 6.17. The molecule has 0 aromatic carbocycles. The molecule has 16 heavy (non-hydrogen) atoms. The molecule has 0 aliphatic carbocycles. The van der Waals surface area contributed by atoms with Crippen molar-refractivity contribution in [3.8, 4) is 0 Å². The van der Waals surface area contributed by atoms with Crippen molar-refractivity contribution in [2.45, 2.75) is 26.3 Å². The summed E-state index contributed by atoms with van der Waals surface area (Å²) in [7, 11) is 0. The molecule has 0 bridgehead atoms. The van der Waals surface area contributed by atoms with Gasteiger partial charge in [-0.1, -0.05) is 6.92 Å². The van der Waals surface area contributed by atoms with Gasteiger partial charge in [0, 0.05) is 25.9 Å². The normalized spacial score (nSPS) is 10.4. The minimum absolute atomic E-state index is 0.0817. The molecule has 0 radical (unpaired) electrons. The number of aliphatic hydroxyl groups excluding tert-OH is 1. The lowest BCUT2D eigenvalue weighted by molar-refractivity contribution is 0.0942. The molecule has 1 aromatic rings. The molecule has 0 spiro atoms. The van der Waals surface area contributed by atoms with E-state index in [1.807, 2.05) is 11.5 Å². The first kappa shape index (κ1) is 12.6. The van der Waals surface area contributed by atoms with Gasteiger partial charge in [-0.05, 0) is 18.9 Å². The summed E-state index contributed by atoms with van der Waals surface area (Å²) >= 11 is 0. The number of nitrogens with one attached hydrogen (secondary N) is 1. The summed E-state index contributed by atoms with van der Waals surface area (Å²) in [5.41, 5.74) is 6.84. The predicted octanol–water partition coefficient (Wildman–Crippen LogP) is 0.593. The number of nitrogen functional groups attached to an aromatic ring is 1. The standard InChI is InChI=1S/C11H19N3O2/c1-2-5-14-8-9(12)7-10(14)11(16)13-4-3-6-15/h7-8,15H,2-6,12H2,1H3,(H,13,16). The van der Waals surface area contributed by atoms with Crippen molar-refractivity contribution < 1.29 is 9.90 Å². The van der Waals surface area contributed by atoms with Gasteiger partial charge in [-0.3, -0.25) is 4.79 Å². The largest absolute Gasteiger partial charge is 0.397 e. The van der Waals surface area contributed by atoms with E-state index in [0.717, 1.165) is 13.0 Å². The van der Waals surface area contributed by atoms with Crippen molar-refractivity contribution in [3.05, 3.63) is 18.0 Å². The zero-order valence-electron chi connectivity index (χ0n) is 9.57. The minimum Gasteiger partial charge on any atom is -0.397 e. The van der Waals surface area contributed by atoms with Gasteiger partial charge in [-0.15, -0.1) is 0 Å². The highest BCUT2D eigenvalue weighted by atomic mass is 16.3. The van der Waals surface area contributed by atoms with Crippen LogP contribution in [0.2, 0.25) is 0 Å². The van der Waals surface area contributed by atoms with Crippen LogP contribution in [-0.2, 0) is 6.54 Å². The zero-order chi connectivity index (χ0) is 12.0. The molecule has 1 aromatic heterocycles. The molecule has 1 amide bonds. The summed E-state index contributed by atoms with van der Waals surface area (Å²) in [6.07, 6.45) is 3.28. The van der Waals surface area contributed by atoms with Gasteiger partial charge in [-0.25, -0.2) is 0 Å². The lowest BCUT2D eigenvalue weighted by atomic mass is 10.3. The number of hydrogen-bond acceptors (Lipinski definition) is 3. The molecule has 0 atom stereocenters. The van der Waals surface area contributed by atoms with Gasteiger partial charge < -0.3 is 20.7 Å². The molecule has 90 valence electrons. The molecule has 1 rings (SSSR count). The molecule has 0 aliphatic rings. The van der Waals surface area contributed by atoms with Crippen LogP contribution < -0.4 is 11.1 Å². The van der Waals surface area contributed by atoms with Crippen molar-refractivity contribution in [3.63, 3.8) is 0 Å². The summed E-state index contributed by atoms with van der Waals surface area (Å²) in [5.74, 6) is -0.140. The van der Waals surface area contributed by atoms with Crippen molar-refractivity contribution >= 4 is 11.6 Å². The number of anilines is 1. The smallest absolute Gasteiger partial charge is 0.267 e. The van der Waals surface area contributed by atoms with Crippen molar-refractivity contribution in [1.82, 2.24) is 9.88 Å². The van der Waals surface area contributed by atoms with E-state index in [-0.39, 0.29) is 12.5 Å². The Hall–Kier alpha value is -1.49. The van der Waals surface area contributed by atoms with E-state index in [2.05, 4.69) is 5.32 Å². The van der Waals surface area contributed by atoms with Gasteiger partial charge in [0.05, 0.1) is 5.69 Å². The number of amides is 1. The number of aromatic nitrogens is 1. The van der Waals surface area contributed by atoms with Crippen molar-refractivity contribution in [2.24, 2.45) is 0 Å². The fourth-order valence-electron chi connectivity index (χ4n) is 1.52. The van der Waals surface area contributed by atoms with Crippen LogP contribution in [0.3, 0.4) is 0 Å². The van der Waals surface area contributed by atoms with Crippen LogP contribution in [0.5, 0.6) is 0 Å². The fraction of sp³-hybridized carbons (Fsp3) is 0.545. The molecule has 0 unspecified atom stereocenters. The first-order chi connectivity index (χ1) is 7.69. The van der Waals surface area contributed by atoms with E-state index in [1.54, 1.807) is 12.3 Å². The van der Waals surface area contributed by atoms with E-state index in [9.17, 15) is 4.79 Å².